The van der Waals surface area contributed by atoms with Crippen LogP contribution in [0.1, 0.15) is 60.3 Å². The number of rotatable bonds is 6. The molecular formula is C30H37ClN2O2. The molecule has 0 radical (unpaired) electrons. The lowest BCUT2D eigenvalue weighted by atomic mass is 9.82. The number of piperidine rings is 2. The summed E-state index contributed by atoms with van der Waals surface area (Å²) in [6.45, 7) is 5.83. The van der Waals surface area contributed by atoms with E-state index in [-0.39, 0.29) is 29.8 Å². The van der Waals surface area contributed by atoms with Gasteiger partial charge in [0, 0.05) is 18.5 Å². The van der Waals surface area contributed by atoms with Gasteiger partial charge in [0.25, 0.3) is 0 Å². The van der Waals surface area contributed by atoms with Gasteiger partial charge in [-0.25, -0.2) is 0 Å². The second-order valence-corrected chi connectivity index (χ2v) is 9.92. The van der Waals surface area contributed by atoms with E-state index in [9.17, 15) is 10.2 Å². The average molecular weight is 493 g/mol. The number of benzene rings is 3. The number of nitrogens with zero attached hydrogens (tertiary/aromatic N) is 2. The number of phenols is 2. The molecule has 4 nitrogen and oxygen atoms in total. The molecular weight excluding hydrogens is 456 g/mol. The monoisotopic (exact) mass is 492 g/mol. The fraction of sp³-hybridized carbons (Fsp3) is 0.400. The second-order valence-electron chi connectivity index (χ2n) is 9.92. The third kappa shape index (κ3) is 6.19. The number of hydrogen-bond donors (Lipinski definition) is 2. The van der Waals surface area contributed by atoms with Crippen LogP contribution in [0.5, 0.6) is 11.5 Å². The van der Waals surface area contributed by atoms with Crippen molar-refractivity contribution in [2.75, 3.05) is 26.2 Å². The minimum atomic E-state index is 0. The number of likely N-dealkylation sites (tertiary alicyclic amines) is 2. The Balaban J connectivity index is 0.00000289. The van der Waals surface area contributed by atoms with Crippen molar-refractivity contribution in [3.8, 4) is 11.5 Å². The molecule has 3 aromatic rings. The summed E-state index contributed by atoms with van der Waals surface area (Å²) in [5.74, 6) is 0.597. The summed E-state index contributed by atoms with van der Waals surface area (Å²) in [6, 6.07) is 24.6. The smallest absolute Gasteiger partial charge is 0.115 e. The topological polar surface area (TPSA) is 46.9 Å². The molecule has 2 saturated heterocycles. The van der Waals surface area contributed by atoms with E-state index in [0.717, 1.165) is 36.8 Å². The summed E-state index contributed by atoms with van der Waals surface area (Å²) in [6.07, 6.45) is 6.66. The van der Waals surface area contributed by atoms with Crippen LogP contribution in [0.25, 0.3) is 0 Å². The molecule has 0 atom stereocenters. The van der Waals surface area contributed by atoms with Crippen LogP contribution in [-0.2, 0) is 6.54 Å². The van der Waals surface area contributed by atoms with Gasteiger partial charge >= 0.3 is 0 Å². The molecule has 0 amide bonds. The fourth-order valence-electron chi connectivity index (χ4n) is 5.81. The van der Waals surface area contributed by atoms with E-state index in [1.165, 1.54) is 56.3 Å². The van der Waals surface area contributed by atoms with Gasteiger partial charge in [-0.2, -0.15) is 0 Å². The molecule has 2 fully saturated rings. The van der Waals surface area contributed by atoms with Crippen molar-refractivity contribution in [1.29, 1.82) is 0 Å². The molecule has 2 heterocycles. The highest BCUT2D eigenvalue weighted by molar-refractivity contribution is 5.85. The number of aromatic hydroxyl groups is 2. The van der Waals surface area contributed by atoms with Crippen molar-refractivity contribution < 1.29 is 10.2 Å². The van der Waals surface area contributed by atoms with Crippen LogP contribution >= 0.6 is 12.4 Å². The summed E-state index contributed by atoms with van der Waals surface area (Å²) in [5.41, 5.74) is 4.92. The molecule has 186 valence electrons. The number of hydrogen-bond acceptors (Lipinski definition) is 4. The Hall–Kier alpha value is -2.53. The van der Waals surface area contributed by atoms with E-state index in [1.807, 2.05) is 24.3 Å². The molecule has 0 saturated carbocycles. The van der Waals surface area contributed by atoms with Crippen LogP contribution in [0.3, 0.4) is 0 Å². The summed E-state index contributed by atoms with van der Waals surface area (Å²) in [4.78, 5) is 5.35. The maximum absolute atomic E-state index is 9.86. The van der Waals surface area contributed by atoms with Gasteiger partial charge in [-0.15, -0.1) is 12.4 Å². The van der Waals surface area contributed by atoms with Gasteiger partial charge in [0.1, 0.15) is 11.5 Å². The summed E-state index contributed by atoms with van der Waals surface area (Å²) in [5, 5.41) is 19.7. The molecule has 35 heavy (non-hydrogen) atoms. The molecule has 0 unspecified atom stereocenters. The van der Waals surface area contributed by atoms with Gasteiger partial charge < -0.3 is 15.1 Å². The average Bonchev–Trinajstić information content (AvgIpc) is 2.88. The Morgan fingerprint density at radius 3 is 1.80 bits per heavy atom. The van der Waals surface area contributed by atoms with Crippen molar-refractivity contribution in [2.45, 2.75) is 50.6 Å². The van der Waals surface area contributed by atoms with Crippen molar-refractivity contribution >= 4 is 12.4 Å². The van der Waals surface area contributed by atoms with Crippen molar-refractivity contribution in [3.63, 3.8) is 0 Å². The lowest BCUT2D eigenvalue weighted by Crippen LogP contribution is -2.46. The van der Waals surface area contributed by atoms with Crippen LogP contribution in [0, 0.1) is 0 Å². The molecule has 3 aromatic carbocycles. The largest absolute Gasteiger partial charge is 0.508 e. The SMILES string of the molecule is Cl.Oc1ccc(C(c2ccc(O)cc2)c2ccccc2CN2CCC(N3CCCCC3)CC2)cc1. The lowest BCUT2D eigenvalue weighted by Gasteiger charge is -2.40. The highest BCUT2D eigenvalue weighted by Crippen LogP contribution is 2.36. The van der Waals surface area contributed by atoms with E-state index in [4.69, 9.17) is 0 Å². The molecule has 0 spiro atoms. The second kappa shape index (κ2) is 11.9. The minimum Gasteiger partial charge on any atom is -0.508 e. The lowest BCUT2D eigenvalue weighted by molar-refractivity contribution is 0.0895. The van der Waals surface area contributed by atoms with Gasteiger partial charge in [0.05, 0.1) is 0 Å². The van der Waals surface area contributed by atoms with Gasteiger partial charge in [-0.1, -0.05) is 55.0 Å². The Bertz CT molecular complexity index is 1010. The summed E-state index contributed by atoms with van der Waals surface area (Å²) < 4.78 is 0. The maximum Gasteiger partial charge on any atom is 0.115 e. The standard InChI is InChI=1S/C30H36N2O2.ClH/c33-27-12-8-23(9-13-27)30(24-10-14-28(34)15-11-24)29-7-3-2-6-25(29)22-31-20-16-26(17-21-31)32-18-4-1-5-19-32;/h2-3,6-15,26,30,33-34H,1,4-5,16-22H2;1H. The Labute approximate surface area is 215 Å². The van der Waals surface area contributed by atoms with E-state index < -0.39 is 0 Å². The van der Waals surface area contributed by atoms with E-state index in [1.54, 1.807) is 24.3 Å². The normalized spacial score (nSPS) is 17.9. The van der Waals surface area contributed by atoms with Crippen molar-refractivity contribution in [2.24, 2.45) is 0 Å². The predicted molar refractivity (Wildman–Crippen MR) is 145 cm³/mol. The molecule has 0 aliphatic carbocycles. The van der Waals surface area contributed by atoms with Crippen molar-refractivity contribution in [1.82, 2.24) is 9.80 Å². The third-order valence-electron chi connectivity index (χ3n) is 7.68. The van der Waals surface area contributed by atoms with Crippen LogP contribution < -0.4 is 0 Å². The van der Waals surface area contributed by atoms with Crippen LogP contribution in [0.15, 0.2) is 72.8 Å². The molecule has 2 aliphatic heterocycles. The molecule has 0 aromatic heterocycles. The first-order valence-electron chi connectivity index (χ1n) is 12.8. The Morgan fingerprint density at radius 2 is 1.23 bits per heavy atom. The zero-order chi connectivity index (χ0) is 23.3. The van der Waals surface area contributed by atoms with E-state index in [0.29, 0.717) is 0 Å². The summed E-state index contributed by atoms with van der Waals surface area (Å²) in [7, 11) is 0. The quantitative estimate of drug-likeness (QED) is 0.405. The first-order chi connectivity index (χ1) is 16.7. The van der Waals surface area contributed by atoms with Gasteiger partial charge in [0.2, 0.25) is 0 Å². The zero-order valence-corrected chi connectivity index (χ0v) is 21.2. The summed E-state index contributed by atoms with van der Waals surface area (Å²) >= 11 is 0. The first-order valence-corrected chi connectivity index (χ1v) is 12.8. The minimum absolute atomic E-state index is 0. The fourth-order valence-corrected chi connectivity index (χ4v) is 5.81. The highest BCUT2D eigenvalue weighted by Gasteiger charge is 2.27. The molecule has 5 heteroatoms. The van der Waals surface area contributed by atoms with Gasteiger partial charge in [0.15, 0.2) is 0 Å². The maximum atomic E-state index is 9.86. The number of halogens is 1. The first kappa shape index (κ1) is 25.6. The molecule has 5 rings (SSSR count). The van der Waals surface area contributed by atoms with E-state index >= 15 is 0 Å². The van der Waals surface area contributed by atoms with Crippen LogP contribution in [0.4, 0.5) is 0 Å². The number of phenolic OH excluding ortho intramolecular Hbond substituents is 2. The van der Waals surface area contributed by atoms with Gasteiger partial charge in [-0.05, 0) is 98.4 Å². The Kier molecular flexibility index (Phi) is 8.72. The Morgan fingerprint density at radius 1 is 0.686 bits per heavy atom. The molecule has 2 aliphatic rings. The van der Waals surface area contributed by atoms with E-state index in [2.05, 4.69) is 34.1 Å². The highest BCUT2D eigenvalue weighted by atomic mass is 35.5. The third-order valence-corrected chi connectivity index (χ3v) is 7.68. The predicted octanol–water partition coefficient (Wildman–Crippen LogP) is 6.15. The van der Waals surface area contributed by atoms with Crippen LogP contribution in [0.2, 0.25) is 0 Å². The van der Waals surface area contributed by atoms with Crippen molar-refractivity contribution in [3.05, 3.63) is 95.1 Å². The van der Waals surface area contributed by atoms with Gasteiger partial charge in [-0.3, -0.25) is 4.90 Å². The zero-order valence-electron chi connectivity index (χ0n) is 20.4. The van der Waals surface area contributed by atoms with Crippen LogP contribution in [-0.4, -0.2) is 52.2 Å². The molecule has 0 bridgehead atoms. The molecule has 2 N–H and O–H groups in total.